The van der Waals surface area contributed by atoms with Crippen LogP contribution in [0.4, 0.5) is 4.79 Å². The molecule has 1 fully saturated rings. The molecular weight excluding hydrogens is 322 g/mol. The van der Waals surface area contributed by atoms with Crippen LogP contribution in [0.1, 0.15) is 29.2 Å². The summed E-state index contributed by atoms with van der Waals surface area (Å²) in [5.41, 5.74) is 2.01. The van der Waals surface area contributed by atoms with Crippen molar-refractivity contribution in [1.29, 1.82) is 0 Å². The molecule has 0 atom stereocenters. The van der Waals surface area contributed by atoms with Gasteiger partial charge in [0.2, 0.25) is 0 Å². The molecule has 3 rings (SSSR count). The quantitative estimate of drug-likeness (QED) is 0.872. The predicted octanol–water partition coefficient (Wildman–Crippen LogP) is 2.31. The molecule has 128 valence electrons. The maximum absolute atomic E-state index is 12.0. The highest BCUT2D eigenvalue weighted by Gasteiger charge is 2.20. The molecule has 0 saturated carbocycles. The van der Waals surface area contributed by atoms with Crippen molar-refractivity contribution in [1.82, 2.24) is 25.5 Å². The molecule has 1 saturated heterocycles. The minimum Gasteiger partial charge on any atom is -0.335 e. The van der Waals surface area contributed by atoms with Gasteiger partial charge in [-0.1, -0.05) is 6.07 Å². The monoisotopic (exact) mass is 345 g/mol. The van der Waals surface area contributed by atoms with Gasteiger partial charge in [-0.2, -0.15) is 0 Å². The number of carbonyl (C=O) groups is 1. The number of aromatic nitrogens is 2. The molecule has 0 aliphatic carbocycles. The SMILES string of the molecule is Cc1nc(CNC(=O)NC2CCN(Cc3ccccn3)CC2)cs1. The van der Waals surface area contributed by atoms with E-state index in [-0.39, 0.29) is 12.1 Å². The van der Waals surface area contributed by atoms with Crippen molar-refractivity contribution in [2.24, 2.45) is 0 Å². The average Bonchev–Trinajstić information content (AvgIpc) is 3.01. The Labute approximate surface area is 146 Å². The molecule has 24 heavy (non-hydrogen) atoms. The minimum absolute atomic E-state index is 0.108. The minimum atomic E-state index is -0.108. The smallest absolute Gasteiger partial charge is 0.315 e. The Kier molecular flexibility index (Phi) is 5.77. The first kappa shape index (κ1) is 16.9. The van der Waals surface area contributed by atoms with Gasteiger partial charge in [-0.3, -0.25) is 9.88 Å². The highest BCUT2D eigenvalue weighted by molar-refractivity contribution is 7.09. The molecule has 2 aromatic rings. The highest BCUT2D eigenvalue weighted by Crippen LogP contribution is 2.13. The lowest BCUT2D eigenvalue weighted by molar-refractivity contribution is 0.185. The zero-order valence-corrected chi connectivity index (χ0v) is 14.7. The van der Waals surface area contributed by atoms with Gasteiger partial charge >= 0.3 is 6.03 Å². The van der Waals surface area contributed by atoms with Gasteiger partial charge in [-0.25, -0.2) is 9.78 Å². The number of hydrogen-bond acceptors (Lipinski definition) is 5. The number of aryl methyl sites for hydroxylation is 1. The van der Waals surface area contributed by atoms with Crippen molar-refractivity contribution < 1.29 is 4.79 Å². The summed E-state index contributed by atoms with van der Waals surface area (Å²) in [6.45, 7) is 5.28. The van der Waals surface area contributed by atoms with Crippen LogP contribution in [0.25, 0.3) is 0 Å². The number of nitrogens with one attached hydrogen (secondary N) is 2. The number of piperidine rings is 1. The van der Waals surface area contributed by atoms with Crippen LogP contribution in [-0.2, 0) is 13.1 Å². The van der Waals surface area contributed by atoms with Crippen LogP contribution in [0.5, 0.6) is 0 Å². The van der Waals surface area contributed by atoms with E-state index in [9.17, 15) is 4.79 Å². The number of carbonyl (C=O) groups excluding carboxylic acids is 1. The molecule has 2 N–H and O–H groups in total. The largest absolute Gasteiger partial charge is 0.335 e. The summed E-state index contributed by atoms with van der Waals surface area (Å²) in [6, 6.07) is 6.14. The van der Waals surface area contributed by atoms with E-state index in [2.05, 4.69) is 31.6 Å². The normalized spacial score (nSPS) is 16.0. The second-order valence-electron chi connectivity index (χ2n) is 6.06. The van der Waals surface area contributed by atoms with Crippen molar-refractivity contribution in [3.63, 3.8) is 0 Å². The Balaban J connectivity index is 1.36. The zero-order chi connectivity index (χ0) is 16.8. The molecule has 0 radical (unpaired) electrons. The molecule has 0 spiro atoms. The number of nitrogens with zero attached hydrogens (tertiary/aromatic N) is 3. The van der Waals surface area contributed by atoms with Gasteiger partial charge < -0.3 is 10.6 Å². The number of likely N-dealkylation sites (tertiary alicyclic amines) is 1. The van der Waals surface area contributed by atoms with Crippen LogP contribution in [0.15, 0.2) is 29.8 Å². The summed E-state index contributed by atoms with van der Waals surface area (Å²) in [7, 11) is 0. The number of hydrogen-bond donors (Lipinski definition) is 2. The first-order chi connectivity index (χ1) is 11.7. The molecule has 7 heteroatoms. The number of thiazole rings is 1. The van der Waals surface area contributed by atoms with Crippen molar-refractivity contribution in [2.45, 2.75) is 38.9 Å². The Morgan fingerprint density at radius 2 is 2.17 bits per heavy atom. The lowest BCUT2D eigenvalue weighted by Gasteiger charge is -2.32. The van der Waals surface area contributed by atoms with E-state index in [1.54, 1.807) is 11.3 Å². The van der Waals surface area contributed by atoms with E-state index >= 15 is 0 Å². The van der Waals surface area contributed by atoms with Gasteiger partial charge in [0.1, 0.15) is 0 Å². The average molecular weight is 345 g/mol. The molecule has 0 unspecified atom stereocenters. The van der Waals surface area contributed by atoms with Crippen LogP contribution in [-0.4, -0.2) is 40.0 Å². The molecule has 0 bridgehead atoms. The molecule has 1 aliphatic rings. The molecule has 6 nitrogen and oxygen atoms in total. The lowest BCUT2D eigenvalue weighted by Crippen LogP contribution is -2.47. The van der Waals surface area contributed by atoms with E-state index in [4.69, 9.17) is 0 Å². The van der Waals surface area contributed by atoms with Crippen LogP contribution < -0.4 is 10.6 Å². The zero-order valence-electron chi connectivity index (χ0n) is 13.9. The van der Waals surface area contributed by atoms with E-state index < -0.39 is 0 Å². The standard InChI is InChI=1S/C17H23N5OS/c1-13-20-16(12-24-13)10-19-17(23)21-14-5-8-22(9-6-14)11-15-4-2-3-7-18-15/h2-4,7,12,14H,5-6,8-11H2,1H3,(H2,19,21,23). The van der Waals surface area contributed by atoms with Crippen LogP contribution >= 0.6 is 11.3 Å². The van der Waals surface area contributed by atoms with Crippen molar-refractivity contribution >= 4 is 17.4 Å². The molecule has 0 aromatic carbocycles. The van der Waals surface area contributed by atoms with E-state index in [1.165, 1.54) is 0 Å². The topological polar surface area (TPSA) is 70.2 Å². The Hall–Kier alpha value is -1.99. The summed E-state index contributed by atoms with van der Waals surface area (Å²) in [5.74, 6) is 0. The lowest BCUT2D eigenvalue weighted by atomic mass is 10.1. The van der Waals surface area contributed by atoms with Crippen molar-refractivity contribution in [2.75, 3.05) is 13.1 Å². The molecular formula is C17H23N5OS. The number of pyridine rings is 1. The Morgan fingerprint density at radius 3 is 2.83 bits per heavy atom. The molecule has 2 aromatic heterocycles. The second-order valence-corrected chi connectivity index (χ2v) is 7.12. The van der Waals surface area contributed by atoms with E-state index in [1.807, 2.05) is 30.6 Å². The third-order valence-corrected chi connectivity index (χ3v) is 4.95. The maximum Gasteiger partial charge on any atom is 0.315 e. The Morgan fingerprint density at radius 1 is 1.33 bits per heavy atom. The first-order valence-corrected chi connectivity index (χ1v) is 9.14. The summed E-state index contributed by atoms with van der Waals surface area (Å²) >= 11 is 1.60. The summed E-state index contributed by atoms with van der Waals surface area (Å²) < 4.78 is 0. The van der Waals surface area contributed by atoms with Gasteiger partial charge in [0, 0.05) is 37.3 Å². The molecule has 3 heterocycles. The predicted molar refractivity (Wildman–Crippen MR) is 94.8 cm³/mol. The van der Waals surface area contributed by atoms with E-state index in [0.29, 0.717) is 6.54 Å². The van der Waals surface area contributed by atoms with Crippen LogP contribution in [0.3, 0.4) is 0 Å². The van der Waals surface area contributed by atoms with Crippen LogP contribution in [0.2, 0.25) is 0 Å². The summed E-state index contributed by atoms with van der Waals surface area (Å²) in [4.78, 5) is 23.1. The fraction of sp³-hybridized carbons (Fsp3) is 0.471. The summed E-state index contributed by atoms with van der Waals surface area (Å²) in [5, 5.41) is 8.94. The number of urea groups is 1. The Bertz CT molecular complexity index is 652. The first-order valence-electron chi connectivity index (χ1n) is 8.26. The van der Waals surface area contributed by atoms with Gasteiger partial charge in [0.05, 0.1) is 22.9 Å². The fourth-order valence-corrected chi connectivity index (χ4v) is 3.47. The fourth-order valence-electron chi connectivity index (χ4n) is 2.85. The van der Waals surface area contributed by atoms with Crippen LogP contribution in [0, 0.1) is 6.92 Å². The van der Waals surface area contributed by atoms with Crippen molar-refractivity contribution in [3.05, 3.63) is 46.2 Å². The highest BCUT2D eigenvalue weighted by atomic mass is 32.1. The van der Waals surface area contributed by atoms with Gasteiger partial charge in [-0.05, 0) is 31.9 Å². The third kappa shape index (κ3) is 5.01. The van der Waals surface area contributed by atoms with Gasteiger partial charge in [0.15, 0.2) is 0 Å². The number of amides is 2. The number of rotatable bonds is 5. The third-order valence-electron chi connectivity index (χ3n) is 4.13. The molecule has 1 aliphatic heterocycles. The molecule has 2 amide bonds. The van der Waals surface area contributed by atoms with Gasteiger partial charge in [-0.15, -0.1) is 11.3 Å². The summed E-state index contributed by atoms with van der Waals surface area (Å²) in [6.07, 6.45) is 3.77. The van der Waals surface area contributed by atoms with Crippen molar-refractivity contribution in [3.8, 4) is 0 Å². The van der Waals surface area contributed by atoms with Gasteiger partial charge in [0.25, 0.3) is 0 Å². The van der Waals surface area contributed by atoms with E-state index in [0.717, 1.165) is 48.9 Å². The second kappa shape index (κ2) is 8.21. The maximum atomic E-state index is 12.0.